The molecule has 0 aromatic carbocycles. The van der Waals surface area contributed by atoms with E-state index in [1.807, 2.05) is 6.92 Å². The molecule has 2 rings (SSSR count). The van der Waals surface area contributed by atoms with Crippen LogP contribution in [0.25, 0.3) is 0 Å². The third-order valence-corrected chi connectivity index (χ3v) is 5.30. The lowest BCUT2D eigenvalue weighted by atomic mass is 10.4. The lowest BCUT2D eigenvalue weighted by Crippen LogP contribution is -2.11. The van der Waals surface area contributed by atoms with E-state index in [9.17, 15) is 8.42 Å². The first kappa shape index (κ1) is 14.5. The number of nitrogens with zero attached hydrogens (tertiary/aromatic N) is 1. The van der Waals surface area contributed by atoms with Gasteiger partial charge in [0.15, 0.2) is 0 Å². The minimum Gasteiger partial charge on any atom is -0.367 e. The SMILES string of the molecule is C=CCNc1ccc(NS(=O)(=O)c2ccc(C)s2)cn1. The van der Waals surface area contributed by atoms with Crippen LogP contribution in [0.3, 0.4) is 0 Å². The number of thiophene rings is 1. The van der Waals surface area contributed by atoms with E-state index in [0.717, 1.165) is 4.88 Å². The number of hydrogen-bond donors (Lipinski definition) is 2. The molecule has 0 amide bonds. The maximum Gasteiger partial charge on any atom is 0.271 e. The molecule has 0 saturated carbocycles. The summed E-state index contributed by atoms with van der Waals surface area (Å²) in [6, 6.07) is 6.74. The van der Waals surface area contributed by atoms with E-state index in [0.29, 0.717) is 22.3 Å². The molecule has 0 aliphatic carbocycles. The Morgan fingerprint density at radius 2 is 2.15 bits per heavy atom. The van der Waals surface area contributed by atoms with E-state index in [1.54, 1.807) is 30.3 Å². The number of pyridine rings is 1. The molecule has 0 saturated heterocycles. The van der Waals surface area contributed by atoms with Crippen LogP contribution in [0.4, 0.5) is 11.5 Å². The molecule has 0 atom stereocenters. The van der Waals surface area contributed by atoms with Gasteiger partial charge < -0.3 is 5.32 Å². The van der Waals surface area contributed by atoms with Crippen molar-refractivity contribution >= 4 is 32.9 Å². The highest BCUT2D eigenvalue weighted by Gasteiger charge is 2.16. The number of nitrogens with one attached hydrogen (secondary N) is 2. The molecule has 0 spiro atoms. The van der Waals surface area contributed by atoms with Crippen LogP contribution in [-0.4, -0.2) is 19.9 Å². The number of rotatable bonds is 6. The number of anilines is 2. The van der Waals surface area contributed by atoms with Gasteiger partial charge in [0.2, 0.25) is 0 Å². The number of hydrogen-bond acceptors (Lipinski definition) is 5. The quantitative estimate of drug-likeness (QED) is 0.805. The average molecular weight is 309 g/mol. The fraction of sp³-hybridized carbons (Fsp3) is 0.154. The maximum absolute atomic E-state index is 12.1. The van der Waals surface area contributed by atoms with Gasteiger partial charge in [0.1, 0.15) is 10.0 Å². The molecule has 106 valence electrons. The third-order valence-electron chi connectivity index (χ3n) is 2.42. The summed E-state index contributed by atoms with van der Waals surface area (Å²) in [6.07, 6.45) is 3.20. The van der Waals surface area contributed by atoms with Gasteiger partial charge in [-0.3, -0.25) is 4.72 Å². The molecule has 0 radical (unpaired) electrons. The zero-order chi connectivity index (χ0) is 14.6. The summed E-state index contributed by atoms with van der Waals surface area (Å²) in [5.41, 5.74) is 0.431. The second-order valence-corrected chi connectivity index (χ2v) is 7.27. The Balaban J connectivity index is 2.11. The second kappa shape index (κ2) is 6.06. The smallest absolute Gasteiger partial charge is 0.271 e. The summed E-state index contributed by atoms with van der Waals surface area (Å²) in [5.74, 6) is 0.666. The Bertz CT molecular complexity index is 691. The molecule has 0 bridgehead atoms. The lowest BCUT2D eigenvalue weighted by molar-refractivity contribution is 0.603. The van der Waals surface area contributed by atoms with Crippen molar-refractivity contribution in [1.82, 2.24) is 4.98 Å². The van der Waals surface area contributed by atoms with Gasteiger partial charge in [0.25, 0.3) is 10.0 Å². The number of sulfonamides is 1. The highest BCUT2D eigenvalue weighted by atomic mass is 32.2. The van der Waals surface area contributed by atoms with Gasteiger partial charge in [-0.05, 0) is 31.2 Å². The van der Waals surface area contributed by atoms with E-state index >= 15 is 0 Å². The Kier molecular flexibility index (Phi) is 4.41. The summed E-state index contributed by atoms with van der Waals surface area (Å²) in [5, 5.41) is 3.02. The maximum atomic E-state index is 12.1. The largest absolute Gasteiger partial charge is 0.367 e. The molecule has 2 aromatic rings. The van der Waals surface area contributed by atoms with Gasteiger partial charge in [0, 0.05) is 11.4 Å². The van der Waals surface area contributed by atoms with Crippen LogP contribution in [0.5, 0.6) is 0 Å². The molecule has 5 nitrogen and oxygen atoms in total. The molecule has 20 heavy (non-hydrogen) atoms. The van der Waals surface area contributed by atoms with Crippen molar-refractivity contribution in [3.63, 3.8) is 0 Å². The van der Waals surface area contributed by atoms with Crippen LogP contribution in [0, 0.1) is 6.92 Å². The van der Waals surface area contributed by atoms with Crippen molar-refractivity contribution in [2.75, 3.05) is 16.6 Å². The molecule has 2 heterocycles. The summed E-state index contributed by atoms with van der Waals surface area (Å²) in [7, 11) is -3.53. The summed E-state index contributed by atoms with van der Waals surface area (Å²) < 4.78 is 27.0. The fourth-order valence-electron chi connectivity index (χ4n) is 1.50. The van der Waals surface area contributed by atoms with Crippen LogP contribution in [-0.2, 0) is 10.0 Å². The first-order valence-corrected chi connectivity index (χ1v) is 8.21. The standard InChI is InChI=1S/C13H15N3O2S2/c1-3-8-14-12-6-5-11(9-15-12)16-20(17,18)13-7-4-10(2)19-13/h3-7,9,16H,1,8H2,2H3,(H,14,15). The second-order valence-electron chi connectivity index (χ2n) is 4.07. The first-order chi connectivity index (χ1) is 9.51. The van der Waals surface area contributed by atoms with Crippen LogP contribution < -0.4 is 10.0 Å². The van der Waals surface area contributed by atoms with Gasteiger partial charge in [-0.25, -0.2) is 13.4 Å². The van der Waals surface area contributed by atoms with Crippen LogP contribution in [0.15, 0.2) is 47.3 Å². The van der Waals surface area contributed by atoms with Gasteiger partial charge >= 0.3 is 0 Å². The molecule has 0 fully saturated rings. The van der Waals surface area contributed by atoms with Crippen molar-refractivity contribution in [1.29, 1.82) is 0 Å². The Morgan fingerprint density at radius 3 is 2.70 bits per heavy atom. The van der Waals surface area contributed by atoms with E-state index in [-0.39, 0.29) is 0 Å². The minimum absolute atomic E-state index is 0.295. The summed E-state index contributed by atoms with van der Waals surface area (Å²) in [6.45, 7) is 6.07. The van der Waals surface area contributed by atoms with Crippen molar-refractivity contribution in [3.8, 4) is 0 Å². The molecule has 2 aromatic heterocycles. The van der Waals surface area contributed by atoms with Crippen molar-refractivity contribution in [2.24, 2.45) is 0 Å². The highest BCUT2D eigenvalue weighted by Crippen LogP contribution is 2.23. The fourth-order valence-corrected chi connectivity index (χ4v) is 3.82. The van der Waals surface area contributed by atoms with Crippen molar-refractivity contribution < 1.29 is 8.42 Å². The van der Waals surface area contributed by atoms with Crippen LogP contribution in [0.1, 0.15) is 4.88 Å². The number of aryl methyl sites for hydroxylation is 1. The zero-order valence-corrected chi connectivity index (χ0v) is 12.6. The molecule has 0 unspecified atom stereocenters. The Morgan fingerprint density at radius 1 is 1.35 bits per heavy atom. The normalized spacial score (nSPS) is 11.1. The molecule has 0 aliphatic heterocycles. The van der Waals surface area contributed by atoms with E-state index in [2.05, 4.69) is 21.6 Å². The third kappa shape index (κ3) is 3.58. The van der Waals surface area contributed by atoms with Gasteiger partial charge in [-0.1, -0.05) is 6.08 Å². The minimum atomic E-state index is -3.53. The van der Waals surface area contributed by atoms with E-state index < -0.39 is 10.0 Å². The van der Waals surface area contributed by atoms with Crippen molar-refractivity contribution in [3.05, 3.63) is 48.0 Å². The summed E-state index contributed by atoms with van der Waals surface area (Å²) >= 11 is 1.23. The molecule has 0 aliphatic rings. The van der Waals surface area contributed by atoms with Crippen LogP contribution >= 0.6 is 11.3 Å². The topological polar surface area (TPSA) is 71.1 Å². The monoisotopic (exact) mass is 309 g/mol. The van der Waals surface area contributed by atoms with Crippen molar-refractivity contribution in [2.45, 2.75) is 11.1 Å². The predicted molar refractivity (Wildman–Crippen MR) is 82.8 cm³/mol. The highest BCUT2D eigenvalue weighted by molar-refractivity contribution is 7.94. The van der Waals surface area contributed by atoms with E-state index in [1.165, 1.54) is 17.5 Å². The van der Waals surface area contributed by atoms with E-state index in [4.69, 9.17) is 0 Å². The number of aromatic nitrogens is 1. The van der Waals surface area contributed by atoms with Gasteiger partial charge in [-0.2, -0.15) is 0 Å². The molecule has 2 N–H and O–H groups in total. The Labute approximate surface area is 122 Å². The molecular weight excluding hydrogens is 294 g/mol. The summed E-state index contributed by atoms with van der Waals surface area (Å²) in [4.78, 5) is 5.07. The molecular formula is C13H15N3O2S2. The Hall–Kier alpha value is -1.86. The van der Waals surface area contributed by atoms with Gasteiger partial charge in [0.05, 0.1) is 11.9 Å². The average Bonchev–Trinajstić information content (AvgIpc) is 2.85. The van der Waals surface area contributed by atoms with Gasteiger partial charge in [-0.15, -0.1) is 17.9 Å². The lowest BCUT2D eigenvalue weighted by Gasteiger charge is -2.07. The predicted octanol–water partition coefficient (Wildman–Crippen LogP) is 2.85. The molecule has 7 heteroatoms. The zero-order valence-electron chi connectivity index (χ0n) is 11.0. The first-order valence-electron chi connectivity index (χ1n) is 5.91. The van der Waals surface area contributed by atoms with Crippen LogP contribution in [0.2, 0.25) is 0 Å².